The first-order chi connectivity index (χ1) is 14.7. The number of hydrogen-bond acceptors (Lipinski definition) is 5. The summed E-state index contributed by atoms with van der Waals surface area (Å²) in [7, 11) is 0. The van der Waals surface area contributed by atoms with Crippen molar-refractivity contribution in [3.8, 4) is 0 Å². The number of benzene rings is 2. The second-order valence-electron chi connectivity index (χ2n) is 7.61. The van der Waals surface area contributed by atoms with E-state index >= 15 is 0 Å². The highest BCUT2D eigenvalue weighted by Gasteiger charge is 2.32. The van der Waals surface area contributed by atoms with Crippen molar-refractivity contribution in [2.45, 2.75) is 25.3 Å². The Labute approximate surface area is 174 Å². The maximum Gasteiger partial charge on any atom is 0.193 e. The van der Waals surface area contributed by atoms with Crippen molar-refractivity contribution < 1.29 is 9.59 Å². The zero-order valence-electron chi connectivity index (χ0n) is 16.4. The van der Waals surface area contributed by atoms with Crippen molar-refractivity contribution in [1.82, 2.24) is 4.98 Å². The Kier molecular flexibility index (Phi) is 4.64. The second kappa shape index (κ2) is 7.59. The molecular weight excluding hydrogens is 374 g/mol. The molecule has 2 aromatic carbocycles. The van der Waals surface area contributed by atoms with Crippen LogP contribution in [0.1, 0.15) is 46.8 Å². The highest BCUT2D eigenvalue weighted by atomic mass is 16.1. The van der Waals surface area contributed by atoms with E-state index in [1.807, 2.05) is 60.7 Å². The maximum atomic E-state index is 12.9. The van der Waals surface area contributed by atoms with E-state index < -0.39 is 0 Å². The van der Waals surface area contributed by atoms with Gasteiger partial charge >= 0.3 is 0 Å². The van der Waals surface area contributed by atoms with E-state index in [0.717, 1.165) is 41.1 Å². The molecule has 2 aliphatic rings. The highest BCUT2D eigenvalue weighted by molar-refractivity contribution is 6.10. The van der Waals surface area contributed by atoms with Crippen molar-refractivity contribution in [1.29, 1.82) is 0 Å². The molecule has 30 heavy (non-hydrogen) atoms. The fraction of sp³-hybridized carbons (Fsp3) is 0.160. The van der Waals surface area contributed by atoms with Gasteiger partial charge in [-0.2, -0.15) is 0 Å². The van der Waals surface area contributed by atoms with Gasteiger partial charge in [0.25, 0.3) is 0 Å². The number of rotatable bonds is 3. The Bertz CT molecular complexity index is 1150. The van der Waals surface area contributed by atoms with E-state index in [1.165, 1.54) is 0 Å². The van der Waals surface area contributed by atoms with Gasteiger partial charge in [-0.05, 0) is 42.7 Å². The van der Waals surface area contributed by atoms with Crippen LogP contribution in [-0.4, -0.2) is 16.6 Å². The minimum Gasteiger partial charge on any atom is -0.372 e. The van der Waals surface area contributed by atoms with Crippen LogP contribution < -0.4 is 10.6 Å². The number of anilines is 2. The number of nitrogens with zero attached hydrogens (tertiary/aromatic N) is 1. The quantitative estimate of drug-likeness (QED) is 0.618. The molecule has 0 spiro atoms. The van der Waals surface area contributed by atoms with Gasteiger partial charge in [0.2, 0.25) is 0 Å². The largest absolute Gasteiger partial charge is 0.372 e. The molecule has 0 bridgehead atoms. The summed E-state index contributed by atoms with van der Waals surface area (Å²) in [4.78, 5) is 30.0. The van der Waals surface area contributed by atoms with Gasteiger partial charge in [-0.1, -0.05) is 36.4 Å². The lowest BCUT2D eigenvalue weighted by Gasteiger charge is -2.25. The van der Waals surface area contributed by atoms with Crippen molar-refractivity contribution in [2.75, 3.05) is 10.6 Å². The van der Waals surface area contributed by atoms with E-state index in [9.17, 15) is 9.59 Å². The summed E-state index contributed by atoms with van der Waals surface area (Å²) >= 11 is 0. The molecule has 1 unspecified atom stereocenters. The van der Waals surface area contributed by atoms with E-state index in [-0.39, 0.29) is 17.6 Å². The number of hydrogen-bond donors (Lipinski definition) is 2. The molecule has 5 heteroatoms. The van der Waals surface area contributed by atoms with Crippen LogP contribution in [0.25, 0.3) is 0 Å². The number of carbonyl (C=O) groups is 2. The summed E-state index contributed by atoms with van der Waals surface area (Å²) in [6.07, 6.45) is 5.69. The lowest BCUT2D eigenvalue weighted by molar-refractivity contribution is -0.116. The molecular formula is C25H21N3O2. The summed E-state index contributed by atoms with van der Waals surface area (Å²) in [5.41, 5.74) is 5.57. The summed E-state index contributed by atoms with van der Waals surface area (Å²) in [5, 5.41) is 6.98. The number of nitrogens with one attached hydrogen (secondary N) is 2. The third-order valence-electron chi connectivity index (χ3n) is 5.67. The highest BCUT2D eigenvalue weighted by Crippen LogP contribution is 2.40. The first-order valence-corrected chi connectivity index (χ1v) is 10.1. The van der Waals surface area contributed by atoms with Gasteiger partial charge < -0.3 is 10.6 Å². The average molecular weight is 395 g/mol. The molecule has 1 aliphatic carbocycles. The van der Waals surface area contributed by atoms with Crippen LogP contribution in [0.2, 0.25) is 0 Å². The molecule has 5 rings (SSSR count). The molecule has 1 aromatic heterocycles. The predicted octanol–water partition coefficient (Wildman–Crippen LogP) is 4.90. The van der Waals surface area contributed by atoms with Gasteiger partial charge in [0.1, 0.15) is 0 Å². The van der Waals surface area contributed by atoms with Gasteiger partial charge in [0.05, 0.1) is 17.4 Å². The topological polar surface area (TPSA) is 71.1 Å². The van der Waals surface area contributed by atoms with Crippen LogP contribution in [0, 0.1) is 0 Å². The standard InChI is InChI=1S/C25H21N3O2/c29-22-10-4-9-20-23(22)24(18-8-5-13-26-15-18)28-19-12-11-17(14-21(19)27-20)25(30)16-6-2-1-3-7-16/h1-3,5-8,11-15,24,27-28H,4,9-10H2. The minimum atomic E-state index is -0.272. The Morgan fingerprint density at radius 3 is 2.60 bits per heavy atom. The normalized spacial score (nSPS) is 17.9. The zero-order chi connectivity index (χ0) is 20.5. The van der Waals surface area contributed by atoms with Gasteiger partial charge in [0.15, 0.2) is 11.6 Å². The zero-order valence-corrected chi connectivity index (χ0v) is 16.4. The smallest absolute Gasteiger partial charge is 0.193 e. The van der Waals surface area contributed by atoms with E-state index in [0.29, 0.717) is 17.5 Å². The summed E-state index contributed by atoms with van der Waals surface area (Å²) < 4.78 is 0. The molecule has 2 N–H and O–H groups in total. The Morgan fingerprint density at radius 2 is 1.80 bits per heavy atom. The molecule has 0 amide bonds. The van der Waals surface area contributed by atoms with Gasteiger partial charge in [-0.25, -0.2) is 0 Å². The molecule has 148 valence electrons. The molecule has 0 saturated carbocycles. The molecule has 0 saturated heterocycles. The predicted molar refractivity (Wildman–Crippen MR) is 116 cm³/mol. The number of pyridine rings is 1. The molecule has 1 atom stereocenters. The lowest BCUT2D eigenvalue weighted by atomic mass is 9.87. The third kappa shape index (κ3) is 3.28. The van der Waals surface area contributed by atoms with E-state index in [4.69, 9.17) is 0 Å². The Balaban J connectivity index is 1.58. The van der Waals surface area contributed by atoms with Crippen LogP contribution in [0.4, 0.5) is 11.4 Å². The number of fused-ring (bicyclic) bond motifs is 1. The number of Topliss-reactive ketones (excluding diaryl/α,β-unsaturated/α-hetero) is 1. The van der Waals surface area contributed by atoms with E-state index in [1.54, 1.807) is 12.4 Å². The lowest BCUT2D eigenvalue weighted by Crippen LogP contribution is -2.23. The van der Waals surface area contributed by atoms with Crippen molar-refractivity contribution in [3.05, 3.63) is 101 Å². The molecule has 1 aliphatic heterocycles. The minimum absolute atomic E-state index is 0.0258. The molecule has 0 fully saturated rings. The average Bonchev–Trinajstić information content (AvgIpc) is 2.96. The monoisotopic (exact) mass is 395 g/mol. The molecule has 0 radical (unpaired) electrons. The SMILES string of the molecule is O=C1CCCC2=C1C(c1cccnc1)Nc1ccc(C(=O)c3ccccc3)cc1N2. The first-order valence-electron chi connectivity index (χ1n) is 10.1. The Hall–Kier alpha value is -3.73. The van der Waals surface area contributed by atoms with Gasteiger partial charge in [0, 0.05) is 41.2 Å². The van der Waals surface area contributed by atoms with Crippen LogP contribution in [0.3, 0.4) is 0 Å². The second-order valence-corrected chi connectivity index (χ2v) is 7.61. The molecule has 2 heterocycles. The van der Waals surface area contributed by atoms with Crippen LogP contribution in [0.5, 0.6) is 0 Å². The van der Waals surface area contributed by atoms with Gasteiger partial charge in [-0.3, -0.25) is 14.6 Å². The summed E-state index contributed by atoms with van der Waals surface area (Å²) in [6.45, 7) is 0. The summed E-state index contributed by atoms with van der Waals surface area (Å²) in [5.74, 6) is 0.126. The number of allylic oxidation sites excluding steroid dienone is 1. The van der Waals surface area contributed by atoms with Crippen LogP contribution in [0.15, 0.2) is 84.3 Å². The van der Waals surface area contributed by atoms with Crippen molar-refractivity contribution in [2.24, 2.45) is 0 Å². The van der Waals surface area contributed by atoms with E-state index in [2.05, 4.69) is 15.6 Å². The van der Waals surface area contributed by atoms with Gasteiger partial charge in [-0.15, -0.1) is 0 Å². The number of ketones is 2. The fourth-order valence-corrected chi connectivity index (χ4v) is 4.19. The molecule has 5 nitrogen and oxygen atoms in total. The molecule has 3 aromatic rings. The fourth-order valence-electron chi connectivity index (χ4n) is 4.19. The van der Waals surface area contributed by atoms with Crippen molar-refractivity contribution >= 4 is 22.9 Å². The Morgan fingerprint density at radius 1 is 0.933 bits per heavy atom. The third-order valence-corrected chi connectivity index (χ3v) is 5.67. The number of aromatic nitrogens is 1. The van der Waals surface area contributed by atoms with Crippen molar-refractivity contribution in [3.63, 3.8) is 0 Å². The summed E-state index contributed by atoms with van der Waals surface area (Å²) in [6, 6.07) is 18.4. The maximum absolute atomic E-state index is 12.9. The first kappa shape index (κ1) is 18.3. The van der Waals surface area contributed by atoms with Crippen LogP contribution in [-0.2, 0) is 4.79 Å². The van der Waals surface area contributed by atoms with Crippen LogP contribution >= 0.6 is 0 Å². The number of carbonyl (C=O) groups excluding carboxylic acids is 2.